The quantitative estimate of drug-likeness (QED) is 0.876. The maximum atomic E-state index is 12.5. The molecule has 20 heavy (non-hydrogen) atoms. The summed E-state index contributed by atoms with van der Waals surface area (Å²) in [4.78, 5) is 21.5. The number of aliphatic hydroxyl groups excluding tert-OH is 1. The molecule has 0 radical (unpaired) electrons. The first-order chi connectivity index (χ1) is 9.65. The number of amides is 1. The Balaban J connectivity index is 1.73. The van der Waals surface area contributed by atoms with Crippen molar-refractivity contribution in [2.45, 2.75) is 25.9 Å². The molecule has 0 saturated carbocycles. The Morgan fingerprint density at radius 1 is 1.45 bits per heavy atom. The van der Waals surface area contributed by atoms with Gasteiger partial charge in [0.2, 0.25) is 0 Å². The molecule has 0 spiro atoms. The molecule has 106 valence electrons. The minimum atomic E-state index is -0.284. The maximum Gasteiger partial charge on any atom is 0.253 e. The molecule has 1 aromatic carbocycles. The molecule has 2 heterocycles. The number of rotatable bonds is 2. The van der Waals surface area contributed by atoms with Crippen LogP contribution in [0.15, 0.2) is 24.5 Å². The molecule has 0 bridgehead atoms. The number of aromatic amines is 1. The predicted octanol–water partition coefficient (Wildman–Crippen LogP) is 1.80. The molecule has 0 aliphatic carbocycles. The van der Waals surface area contributed by atoms with E-state index in [0.29, 0.717) is 11.5 Å². The van der Waals surface area contributed by atoms with E-state index in [-0.39, 0.29) is 12.0 Å². The summed E-state index contributed by atoms with van der Waals surface area (Å²) in [5.74, 6) is 0.375. The number of hydrogen-bond acceptors (Lipinski definition) is 3. The van der Waals surface area contributed by atoms with Crippen molar-refractivity contribution < 1.29 is 9.90 Å². The summed E-state index contributed by atoms with van der Waals surface area (Å²) in [6, 6.07) is 5.54. The van der Waals surface area contributed by atoms with E-state index in [2.05, 4.69) is 9.97 Å². The van der Waals surface area contributed by atoms with Crippen LogP contribution in [-0.4, -0.2) is 45.1 Å². The largest absolute Gasteiger partial charge is 0.393 e. The smallest absolute Gasteiger partial charge is 0.253 e. The van der Waals surface area contributed by atoms with Crippen LogP contribution in [-0.2, 0) is 0 Å². The number of hydrogen-bond donors (Lipinski definition) is 2. The zero-order valence-corrected chi connectivity index (χ0v) is 11.5. The van der Waals surface area contributed by atoms with Crippen molar-refractivity contribution in [2.75, 3.05) is 13.1 Å². The van der Waals surface area contributed by atoms with Gasteiger partial charge >= 0.3 is 0 Å². The molecular weight excluding hydrogens is 254 g/mol. The minimum absolute atomic E-state index is 0.0607. The Morgan fingerprint density at radius 3 is 2.90 bits per heavy atom. The average Bonchev–Trinajstić information content (AvgIpc) is 2.94. The number of piperidine rings is 1. The molecule has 5 nitrogen and oxygen atoms in total. The Kier molecular flexibility index (Phi) is 3.44. The van der Waals surface area contributed by atoms with E-state index >= 15 is 0 Å². The topological polar surface area (TPSA) is 69.2 Å². The molecule has 1 atom stereocenters. The summed E-state index contributed by atoms with van der Waals surface area (Å²) in [5.41, 5.74) is 2.45. The lowest BCUT2D eigenvalue weighted by molar-refractivity contribution is 0.0521. The molecule has 2 aromatic rings. The van der Waals surface area contributed by atoms with Crippen LogP contribution >= 0.6 is 0 Å². The molecule has 1 amide bonds. The van der Waals surface area contributed by atoms with Gasteiger partial charge in [-0.05, 0) is 43.9 Å². The normalized spacial score (nSPS) is 18.4. The first-order valence-corrected chi connectivity index (χ1v) is 7.05. The highest BCUT2D eigenvalue weighted by atomic mass is 16.3. The van der Waals surface area contributed by atoms with Crippen molar-refractivity contribution in [3.05, 3.63) is 30.1 Å². The Morgan fingerprint density at radius 2 is 2.20 bits per heavy atom. The molecule has 1 fully saturated rings. The summed E-state index contributed by atoms with van der Waals surface area (Å²) < 4.78 is 0. The number of imidazole rings is 1. The van der Waals surface area contributed by atoms with Gasteiger partial charge in [-0.25, -0.2) is 4.98 Å². The molecule has 1 saturated heterocycles. The zero-order valence-electron chi connectivity index (χ0n) is 11.5. The number of benzene rings is 1. The van der Waals surface area contributed by atoms with Crippen molar-refractivity contribution in [2.24, 2.45) is 5.92 Å². The second kappa shape index (κ2) is 5.25. The van der Waals surface area contributed by atoms with E-state index in [0.717, 1.165) is 37.0 Å². The number of likely N-dealkylation sites (tertiary alicyclic amines) is 1. The number of nitrogens with one attached hydrogen (secondary N) is 1. The van der Waals surface area contributed by atoms with E-state index in [1.54, 1.807) is 6.33 Å². The van der Waals surface area contributed by atoms with Crippen molar-refractivity contribution in [1.82, 2.24) is 14.9 Å². The van der Waals surface area contributed by atoms with Crippen molar-refractivity contribution in [3.63, 3.8) is 0 Å². The number of aliphatic hydroxyl groups is 1. The highest BCUT2D eigenvalue weighted by Gasteiger charge is 2.26. The number of nitrogens with zero attached hydrogens (tertiary/aromatic N) is 2. The van der Waals surface area contributed by atoms with E-state index in [4.69, 9.17) is 0 Å². The van der Waals surface area contributed by atoms with E-state index in [1.807, 2.05) is 30.0 Å². The number of H-pyrrole nitrogens is 1. The van der Waals surface area contributed by atoms with E-state index < -0.39 is 0 Å². The monoisotopic (exact) mass is 273 g/mol. The first-order valence-electron chi connectivity index (χ1n) is 7.05. The number of fused-ring (bicyclic) bond motifs is 1. The van der Waals surface area contributed by atoms with Crippen LogP contribution in [0, 0.1) is 5.92 Å². The van der Waals surface area contributed by atoms with Crippen LogP contribution in [0.1, 0.15) is 30.1 Å². The van der Waals surface area contributed by atoms with Crippen LogP contribution in [0.2, 0.25) is 0 Å². The van der Waals surface area contributed by atoms with Gasteiger partial charge in [0.15, 0.2) is 0 Å². The van der Waals surface area contributed by atoms with Crippen molar-refractivity contribution in [3.8, 4) is 0 Å². The molecule has 2 N–H and O–H groups in total. The summed E-state index contributed by atoms with van der Waals surface area (Å²) >= 11 is 0. The van der Waals surface area contributed by atoms with Gasteiger partial charge in [0.1, 0.15) is 0 Å². The van der Waals surface area contributed by atoms with Gasteiger partial charge in [-0.2, -0.15) is 0 Å². The predicted molar refractivity (Wildman–Crippen MR) is 76.4 cm³/mol. The van der Waals surface area contributed by atoms with Gasteiger partial charge in [-0.1, -0.05) is 0 Å². The third kappa shape index (κ3) is 2.41. The minimum Gasteiger partial charge on any atom is -0.393 e. The standard InChI is InChI=1S/C15H19N3O2/c1-10(19)11-4-6-18(7-5-11)15(20)12-2-3-13-14(8-12)17-9-16-13/h2-3,8-11,19H,4-7H2,1H3,(H,16,17). The van der Waals surface area contributed by atoms with Crippen LogP contribution < -0.4 is 0 Å². The summed E-state index contributed by atoms with van der Waals surface area (Å²) in [6.45, 7) is 3.26. The fraction of sp³-hybridized carbons (Fsp3) is 0.467. The van der Waals surface area contributed by atoms with Gasteiger partial charge in [0.05, 0.1) is 23.5 Å². The lowest BCUT2D eigenvalue weighted by Gasteiger charge is -2.33. The molecule has 1 aliphatic heterocycles. The van der Waals surface area contributed by atoms with Gasteiger partial charge in [-0.15, -0.1) is 0 Å². The van der Waals surface area contributed by atoms with Gasteiger partial charge < -0.3 is 15.0 Å². The fourth-order valence-electron chi connectivity index (χ4n) is 2.84. The summed E-state index contributed by atoms with van der Waals surface area (Å²) in [5, 5.41) is 9.60. The Labute approximate surface area is 117 Å². The molecule has 5 heteroatoms. The molecule has 1 aromatic heterocycles. The maximum absolute atomic E-state index is 12.5. The Bertz CT molecular complexity index is 612. The first kappa shape index (κ1) is 13.1. The third-order valence-corrected chi connectivity index (χ3v) is 4.18. The lowest BCUT2D eigenvalue weighted by atomic mass is 9.92. The zero-order chi connectivity index (χ0) is 14.1. The van der Waals surface area contributed by atoms with Crippen molar-refractivity contribution in [1.29, 1.82) is 0 Å². The second-order valence-corrected chi connectivity index (χ2v) is 5.50. The molecule has 1 aliphatic rings. The number of carbonyl (C=O) groups is 1. The SMILES string of the molecule is CC(O)C1CCN(C(=O)c2ccc3nc[nH]c3c2)CC1. The molecule has 1 unspecified atom stereocenters. The molecular formula is C15H19N3O2. The van der Waals surface area contributed by atoms with Gasteiger partial charge in [0.25, 0.3) is 5.91 Å². The lowest BCUT2D eigenvalue weighted by Crippen LogP contribution is -2.40. The van der Waals surface area contributed by atoms with Crippen molar-refractivity contribution >= 4 is 16.9 Å². The Hall–Kier alpha value is -1.88. The van der Waals surface area contributed by atoms with E-state index in [9.17, 15) is 9.90 Å². The highest BCUT2D eigenvalue weighted by Crippen LogP contribution is 2.22. The number of carbonyl (C=O) groups excluding carboxylic acids is 1. The van der Waals surface area contributed by atoms with Gasteiger partial charge in [-0.3, -0.25) is 4.79 Å². The average molecular weight is 273 g/mol. The van der Waals surface area contributed by atoms with E-state index in [1.165, 1.54) is 0 Å². The van der Waals surface area contributed by atoms with Crippen LogP contribution in [0.3, 0.4) is 0 Å². The summed E-state index contributed by atoms with van der Waals surface area (Å²) in [7, 11) is 0. The highest BCUT2D eigenvalue weighted by molar-refractivity contribution is 5.97. The van der Waals surface area contributed by atoms with Crippen LogP contribution in [0.25, 0.3) is 11.0 Å². The summed E-state index contributed by atoms with van der Waals surface area (Å²) in [6.07, 6.45) is 3.09. The molecule has 3 rings (SSSR count). The van der Waals surface area contributed by atoms with Crippen LogP contribution in [0.4, 0.5) is 0 Å². The third-order valence-electron chi connectivity index (χ3n) is 4.18. The van der Waals surface area contributed by atoms with Gasteiger partial charge in [0, 0.05) is 18.7 Å². The fourth-order valence-corrected chi connectivity index (χ4v) is 2.84. The second-order valence-electron chi connectivity index (χ2n) is 5.50. The van der Waals surface area contributed by atoms with Crippen LogP contribution in [0.5, 0.6) is 0 Å². The number of aromatic nitrogens is 2.